The number of nitro benzene ring substituents is 1. The predicted octanol–water partition coefficient (Wildman–Crippen LogP) is 2.72. The van der Waals surface area contributed by atoms with Gasteiger partial charge in [0.1, 0.15) is 5.75 Å². The molecule has 0 radical (unpaired) electrons. The number of rotatable bonds is 4. The molecule has 2 N–H and O–H groups in total. The maximum atomic E-state index is 11.9. The van der Waals surface area contributed by atoms with Crippen LogP contribution in [0, 0.1) is 10.1 Å². The van der Waals surface area contributed by atoms with Crippen molar-refractivity contribution in [1.82, 2.24) is 5.43 Å². The standard InChI is InChI=1S/C14H10ClN3O4/c15-12-4-2-1-3-9(12)8-16-17-14(20)11-7-10(18(21)22)5-6-13(11)19/h1-8,19H,(H,17,20)/b16-8-. The van der Waals surface area contributed by atoms with E-state index in [0.29, 0.717) is 10.6 Å². The summed E-state index contributed by atoms with van der Waals surface area (Å²) in [4.78, 5) is 21.9. The fourth-order valence-corrected chi connectivity index (χ4v) is 1.80. The lowest BCUT2D eigenvalue weighted by Crippen LogP contribution is -2.18. The van der Waals surface area contributed by atoms with E-state index in [1.807, 2.05) is 0 Å². The molecule has 0 spiro atoms. The van der Waals surface area contributed by atoms with Gasteiger partial charge in [-0.1, -0.05) is 29.8 Å². The summed E-state index contributed by atoms with van der Waals surface area (Å²) >= 11 is 5.92. The smallest absolute Gasteiger partial charge is 0.275 e. The van der Waals surface area contributed by atoms with Crippen molar-refractivity contribution in [3.8, 4) is 5.75 Å². The van der Waals surface area contributed by atoms with Crippen LogP contribution >= 0.6 is 11.6 Å². The third-order valence-corrected chi connectivity index (χ3v) is 3.05. The summed E-state index contributed by atoms with van der Waals surface area (Å²) in [6.07, 6.45) is 1.33. The van der Waals surface area contributed by atoms with E-state index in [9.17, 15) is 20.0 Å². The van der Waals surface area contributed by atoms with Crippen molar-refractivity contribution < 1.29 is 14.8 Å². The predicted molar refractivity (Wildman–Crippen MR) is 81.3 cm³/mol. The maximum absolute atomic E-state index is 11.9. The third kappa shape index (κ3) is 3.58. The quantitative estimate of drug-likeness (QED) is 0.513. The summed E-state index contributed by atoms with van der Waals surface area (Å²) in [5.41, 5.74) is 2.21. The minimum atomic E-state index is -0.774. The van der Waals surface area contributed by atoms with Crippen molar-refractivity contribution in [3.63, 3.8) is 0 Å². The van der Waals surface area contributed by atoms with Crippen molar-refractivity contribution in [1.29, 1.82) is 0 Å². The number of halogens is 1. The highest BCUT2D eigenvalue weighted by molar-refractivity contribution is 6.33. The van der Waals surface area contributed by atoms with Crippen LogP contribution in [0.5, 0.6) is 5.75 Å². The first-order chi connectivity index (χ1) is 10.5. The van der Waals surface area contributed by atoms with E-state index >= 15 is 0 Å². The van der Waals surface area contributed by atoms with E-state index in [1.54, 1.807) is 24.3 Å². The molecule has 0 atom stereocenters. The number of benzene rings is 2. The minimum Gasteiger partial charge on any atom is -0.507 e. The molecule has 2 aromatic carbocycles. The number of nitro groups is 1. The van der Waals surface area contributed by atoms with Gasteiger partial charge < -0.3 is 5.11 Å². The van der Waals surface area contributed by atoms with E-state index in [0.717, 1.165) is 18.2 Å². The van der Waals surface area contributed by atoms with E-state index in [1.165, 1.54) is 6.21 Å². The molecule has 0 saturated carbocycles. The Morgan fingerprint density at radius 1 is 1.32 bits per heavy atom. The summed E-state index contributed by atoms with van der Waals surface area (Å²) in [5, 5.41) is 24.4. The Labute approximate surface area is 130 Å². The number of hydrogen-bond acceptors (Lipinski definition) is 5. The molecule has 1 amide bonds. The van der Waals surface area contributed by atoms with Crippen molar-refractivity contribution in [2.45, 2.75) is 0 Å². The largest absolute Gasteiger partial charge is 0.507 e. The second-order valence-corrected chi connectivity index (χ2v) is 4.59. The Morgan fingerprint density at radius 3 is 2.73 bits per heavy atom. The summed E-state index contributed by atoms with van der Waals surface area (Å²) in [6, 6.07) is 10.0. The average molecular weight is 320 g/mol. The highest BCUT2D eigenvalue weighted by Crippen LogP contribution is 2.22. The molecule has 0 bridgehead atoms. The zero-order valence-corrected chi connectivity index (χ0v) is 11.8. The van der Waals surface area contributed by atoms with Gasteiger partial charge in [-0.3, -0.25) is 14.9 Å². The number of aromatic hydroxyl groups is 1. The highest BCUT2D eigenvalue weighted by Gasteiger charge is 2.15. The first-order valence-corrected chi connectivity index (χ1v) is 6.42. The first-order valence-electron chi connectivity index (χ1n) is 6.04. The SMILES string of the molecule is O=C(N/N=C\c1ccccc1Cl)c1cc([N+](=O)[O-])ccc1O. The summed E-state index contributed by atoms with van der Waals surface area (Å²) in [7, 11) is 0. The zero-order chi connectivity index (χ0) is 16.1. The van der Waals surface area contributed by atoms with E-state index in [4.69, 9.17) is 11.6 Å². The number of nitrogens with zero attached hydrogens (tertiary/aromatic N) is 2. The Balaban J connectivity index is 2.14. The molecule has 8 heteroatoms. The van der Waals surface area contributed by atoms with Gasteiger partial charge in [0.05, 0.1) is 16.7 Å². The van der Waals surface area contributed by atoms with Crippen LogP contribution in [0.3, 0.4) is 0 Å². The molecule has 112 valence electrons. The number of phenolic OH excluding ortho intramolecular Hbond substituents is 1. The Kier molecular flexibility index (Phi) is 4.70. The molecule has 0 fully saturated rings. The maximum Gasteiger partial charge on any atom is 0.275 e. The summed E-state index contributed by atoms with van der Waals surface area (Å²) in [5.74, 6) is -1.15. The number of phenols is 1. The fraction of sp³-hybridized carbons (Fsp3) is 0. The van der Waals surface area contributed by atoms with E-state index in [2.05, 4.69) is 10.5 Å². The molecule has 7 nitrogen and oxygen atoms in total. The lowest BCUT2D eigenvalue weighted by Gasteiger charge is -2.03. The number of carbonyl (C=O) groups excluding carboxylic acids is 1. The Morgan fingerprint density at radius 2 is 2.05 bits per heavy atom. The van der Waals surface area contributed by atoms with Crippen LogP contribution in [0.4, 0.5) is 5.69 Å². The number of carbonyl (C=O) groups is 1. The fourth-order valence-electron chi connectivity index (χ4n) is 1.62. The van der Waals surface area contributed by atoms with Crippen LogP contribution in [-0.2, 0) is 0 Å². The van der Waals surface area contributed by atoms with Gasteiger partial charge >= 0.3 is 0 Å². The van der Waals surface area contributed by atoms with E-state index in [-0.39, 0.29) is 17.0 Å². The van der Waals surface area contributed by atoms with Gasteiger partial charge in [0.2, 0.25) is 0 Å². The lowest BCUT2D eigenvalue weighted by atomic mass is 10.1. The number of hydrogen-bond donors (Lipinski definition) is 2. The molecular weight excluding hydrogens is 310 g/mol. The first kappa shape index (κ1) is 15.5. The van der Waals surface area contributed by atoms with Crippen molar-refractivity contribution >= 4 is 29.4 Å². The molecule has 0 aromatic heterocycles. The molecule has 0 aliphatic carbocycles. The van der Waals surface area contributed by atoms with Gasteiger partial charge in [0.15, 0.2) is 0 Å². The number of non-ortho nitro benzene ring substituents is 1. The van der Waals surface area contributed by atoms with Crippen LogP contribution in [-0.4, -0.2) is 22.2 Å². The van der Waals surface area contributed by atoms with Gasteiger partial charge in [-0.2, -0.15) is 5.10 Å². The van der Waals surface area contributed by atoms with Crippen molar-refractivity contribution in [2.75, 3.05) is 0 Å². The molecule has 2 rings (SSSR count). The number of amides is 1. The second kappa shape index (κ2) is 6.68. The van der Waals surface area contributed by atoms with Crippen LogP contribution in [0.2, 0.25) is 5.02 Å². The van der Waals surface area contributed by atoms with Gasteiger partial charge in [-0.05, 0) is 12.1 Å². The molecule has 2 aromatic rings. The van der Waals surface area contributed by atoms with Gasteiger partial charge in [0.25, 0.3) is 11.6 Å². The topological polar surface area (TPSA) is 105 Å². The summed E-state index contributed by atoms with van der Waals surface area (Å²) < 4.78 is 0. The molecule has 22 heavy (non-hydrogen) atoms. The Bertz CT molecular complexity index is 762. The zero-order valence-electron chi connectivity index (χ0n) is 11.1. The molecule has 0 unspecified atom stereocenters. The van der Waals surface area contributed by atoms with Crippen LogP contribution in [0.15, 0.2) is 47.6 Å². The normalized spacial score (nSPS) is 10.6. The molecule has 0 aliphatic rings. The molecule has 0 saturated heterocycles. The van der Waals surface area contributed by atoms with Crippen molar-refractivity contribution in [3.05, 3.63) is 68.7 Å². The number of nitrogens with one attached hydrogen (secondary N) is 1. The second-order valence-electron chi connectivity index (χ2n) is 4.18. The van der Waals surface area contributed by atoms with Gasteiger partial charge in [-0.25, -0.2) is 5.43 Å². The number of hydrazone groups is 1. The van der Waals surface area contributed by atoms with Crippen LogP contribution < -0.4 is 5.43 Å². The molecular formula is C14H10ClN3O4. The van der Waals surface area contributed by atoms with E-state index < -0.39 is 10.8 Å². The van der Waals surface area contributed by atoms with Gasteiger partial charge in [0, 0.05) is 22.7 Å². The van der Waals surface area contributed by atoms with Crippen LogP contribution in [0.1, 0.15) is 15.9 Å². The summed E-state index contributed by atoms with van der Waals surface area (Å²) in [6.45, 7) is 0. The average Bonchev–Trinajstić information content (AvgIpc) is 2.49. The molecule has 0 aliphatic heterocycles. The third-order valence-electron chi connectivity index (χ3n) is 2.71. The van der Waals surface area contributed by atoms with Gasteiger partial charge in [-0.15, -0.1) is 0 Å². The van der Waals surface area contributed by atoms with Crippen molar-refractivity contribution in [2.24, 2.45) is 5.10 Å². The monoisotopic (exact) mass is 319 g/mol. The highest BCUT2D eigenvalue weighted by atomic mass is 35.5. The Hall–Kier alpha value is -2.93. The van der Waals surface area contributed by atoms with Crippen LogP contribution in [0.25, 0.3) is 0 Å². The molecule has 0 heterocycles. The minimum absolute atomic E-state index is 0.245. The lowest BCUT2D eigenvalue weighted by molar-refractivity contribution is -0.384.